The predicted molar refractivity (Wildman–Crippen MR) is 113 cm³/mol. The van der Waals surface area contributed by atoms with E-state index in [0.29, 0.717) is 29.1 Å². The minimum Gasteiger partial charge on any atom is -0.457 e. The summed E-state index contributed by atoms with van der Waals surface area (Å²) < 4.78 is 12.7. The molecular formula is C24H22N2O5. The topological polar surface area (TPSA) is 87.5 Å². The zero-order valence-corrected chi connectivity index (χ0v) is 17.6. The van der Waals surface area contributed by atoms with E-state index in [1.165, 1.54) is 0 Å². The highest BCUT2D eigenvalue weighted by molar-refractivity contribution is 5.88. The minimum atomic E-state index is -1.64. The number of para-hydroxylation sites is 1. The van der Waals surface area contributed by atoms with Crippen LogP contribution in [0.15, 0.2) is 41.2 Å². The lowest BCUT2D eigenvalue weighted by molar-refractivity contribution is -0.191. The van der Waals surface area contributed by atoms with E-state index in [4.69, 9.17) is 14.5 Å². The first-order valence-electron chi connectivity index (χ1n) is 10.4. The van der Waals surface area contributed by atoms with Crippen LogP contribution in [0.3, 0.4) is 0 Å². The Balaban J connectivity index is 1.75. The fourth-order valence-corrected chi connectivity index (χ4v) is 4.37. The van der Waals surface area contributed by atoms with Crippen LogP contribution in [0.1, 0.15) is 43.9 Å². The van der Waals surface area contributed by atoms with Crippen molar-refractivity contribution in [3.63, 3.8) is 0 Å². The van der Waals surface area contributed by atoms with Crippen LogP contribution in [0.5, 0.6) is 0 Å². The Morgan fingerprint density at radius 1 is 1.26 bits per heavy atom. The summed E-state index contributed by atoms with van der Waals surface area (Å²) in [6, 6.07) is 11.6. The number of carbonyl (C=O) groups is 2. The summed E-state index contributed by atoms with van der Waals surface area (Å²) >= 11 is 0. The van der Waals surface area contributed by atoms with Gasteiger partial charge < -0.3 is 14.0 Å². The zero-order chi connectivity index (χ0) is 21.9. The van der Waals surface area contributed by atoms with Crippen molar-refractivity contribution in [2.24, 2.45) is 5.92 Å². The molecular weight excluding hydrogens is 396 g/mol. The number of esters is 2. The molecule has 4 heterocycles. The number of ether oxygens (including phenoxy) is 2. The van der Waals surface area contributed by atoms with Gasteiger partial charge in [0, 0.05) is 16.5 Å². The molecule has 0 bridgehead atoms. The van der Waals surface area contributed by atoms with Crippen molar-refractivity contribution in [2.75, 3.05) is 0 Å². The van der Waals surface area contributed by atoms with E-state index in [9.17, 15) is 14.4 Å². The second-order valence-electron chi connectivity index (χ2n) is 8.33. The smallest absolute Gasteiger partial charge is 0.355 e. The van der Waals surface area contributed by atoms with Gasteiger partial charge in [-0.15, -0.1) is 0 Å². The van der Waals surface area contributed by atoms with Gasteiger partial charge in [-0.2, -0.15) is 0 Å². The molecule has 2 aromatic heterocycles. The molecule has 1 aromatic carbocycles. The maximum Gasteiger partial charge on any atom is 0.355 e. The summed E-state index contributed by atoms with van der Waals surface area (Å²) in [6.07, 6.45) is 0.165. The molecule has 3 aromatic rings. The molecule has 0 N–H and O–H groups in total. The fourth-order valence-electron chi connectivity index (χ4n) is 4.37. The Hall–Kier alpha value is -3.48. The van der Waals surface area contributed by atoms with Gasteiger partial charge >= 0.3 is 11.9 Å². The van der Waals surface area contributed by atoms with Gasteiger partial charge in [0.05, 0.1) is 34.9 Å². The number of carbonyl (C=O) groups excluding carboxylic acids is 2. The summed E-state index contributed by atoms with van der Waals surface area (Å²) in [5.41, 5.74) is 1.96. The first-order valence-corrected chi connectivity index (χ1v) is 10.4. The van der Waals surface area contributed by atoms with E-state index in [0.717, 1.165) is 16.5 Å². The Labute approximate surface area is 178 Å². The molecule has 158 valence electrons. The first kappa shape index (κ1) is 19.5. The highest BCUT2D eigenvalue weighted by Crippen LogP contribution is 2.41. The molecule has 7 heteroatoms. The number of hydrogen-bond acceptors (Lipinski definition) is 6. The largest absolute Gasteiger partial charge is 0.457 e. The lowest BCUT2D eigenvalue weighted by atomic mass is 9.85. The molecule has 0 radical (unpaired) electrons. The fraction of sp³-hybridized carbons (Fsp3) is 0.333. The number of hydrogen-bond donors (Lipinski definition) is 0. The number of nitrogens with zero attached hydrogens (tertiary/aromatic N) is 2. The van der Waals surface area contributed by atoms with Crippen LogP contribution in [0.4, 0.5) is 0 Å². The third-order valence-corrected chi connectivity index (χ3v) is 6.13. The number of aromatic nitrogens is 2. The van der Waals surface area contributed by atoms with Gasteiger partial charge in [-0.3, -0.25) is 9.59 Å². The predicted octanol–water partition coefficient (Wildman–Crippen LogP) is 3.29. The van der Waals surface area contributed by atoms with Crippen LogP contribution in [-0.2, 0) is 37.8 Å². The van der Waals surface area contributed by atoms with E-state index in [1.807, 2.05) is 30.3 Å². The number of rotatable bonds is 3. The van der Waals surface area contributed by atoms with Gasteiger partial charge in [0.1, 0.15) is 6.61 Å². The van der Waals surface area contributed by atoms with Crippen molar-refractivity contribution < 1.29 is 19.1 Å². The average molecular weight is 418 g/mol. The molecule has 0 unspecified atom stereocenters. The summed E-state index contributed by atoms with van der Waals surface area (Å²) in [5.74, 6) is -1.59. The highest BCUT2D eigenvalue weighted by Gasteiger charge is 2.50. The van der Waals surface area contributed by atoms with Crippen LogP contribution >= 0.6 is 0 Å². The molecule has 2 aliphatic heterocycles. The van der Waals surface area contributed by atoms with E-state index in [2.05, 4.69) is 0 Å². The third-order valence-electron chi connectivity index (χ3n) is 6.13. The summed E-state index contributed by atoms with van der Waals surface area (Å²) in [4.78, 5) is 43.5. The standard InChI is InChI=1S/C24H22N2O5/c1-4-24(31-22(28)13(2)3)17-10-19-20-15(9-14-7-5-6-8-18(14)25-20)11-26(19)21(27)16(17)12-30-23(24)29/h5-10,13H,4,11-12H2,1-3H3/t24-/m0/s1. The van der Waals surface area contributed by atoms with Crippen molar-refractivity contribution in [1.29, 1.82) is 0 Å². The molecule has 0 spiro atoms. The van der Waals surface area contributed by atoms with Gasteiger partial charge in [-0.25, -0.2) is 9.78 Å². The van der Waals surface area contributed by atoms with E-state index in [1.54, 1.807) is 31.4 Å². The number of pyridine rings is 2. The maximum atomic E-state index is 13.4. The van der Waals surface area contributed by atoms with Crippen molar-refractivity contribution >= 4 is 22.8 Å². The second kappa shape index (κ2) is 6.77. The highest BCUT2D eigenvalue weighted by atomic mass is 16.6. The molecule has 0 saturated heterocycles. The number of cyclic esters (lactones) is 1. The first-order chi connectivity index (χ1) is 14.9. The molecule has 0 fully saturated rings. The third kappa shape index (κ3) is 2.72. The van der Waals surface area contributed by atoms with Crippen LogP contribution in [-0.4, -0.2) is 21.5 Å². The molecule has 5 rings (SSSR count). The Kier molecular flexibility index (Phi) is 4.25. The molecule has 7 nitrogen and oxygen atoms in total. The Morgan fingerprint density at radius 3 is 2.77 bits per heavy atom. The minimum absolute atomic E-state index is 0.139. The van der Waals surface area contributed by atoms with E-state index in [-0.39, 0.29) is 18.6 Å². The molecule has 0 saturated carbocycles. The van der Waals surface area contributed by atoms with Gasteiger partial charge in [0.25, 0.3) is 5.56 Å². The van der Waals surface area contributed by atoms with Crippen molar-refractivity contribution in [1.82, 2.24) is 9.55 Å². The lowest BCUT2D eigenvalue weighted by Gasteiger charge is -2.36. The van der Waals surface area contributed by atoms with Crippen molar-refractivity contribution in [2.45, 2.75) is 45.9 Å². The van der Waals surface area contributed by atoms with Gasteiger partial charge in [0.2, 0.25) is 5.60 Å². The normalized spacial score (nSPS) is 19.0. The Morgan fingerprint density at radius 2 is 2.03 bits per heavy atom. The Bertz CT molecular complexity index is 1320. The molecule has 2 aliphatic rings. The molecule has 0 aliphatic carbocycles. The second-order valence-corrected chi connectivity index (χ2v) is 8.33. The van der Waals surface area contributed by atoms with Gasteiger partial charge in [-0.1, -0.05) is 39.0 Å². The maximum absolute atomic E-state index is 13.4. The van der Waals surface area contributed by atoms with Crippen molar-refractivity contribution in [3.8, 4) is 11.4 Å². The molecule has 1 atom stereocenters. The summed E-state index contributed by atoms with van der Waals surface area (Å²) in [5, 5.41) is 0.999. The quantitative estimate of drug-likeness (QED) is 0.475. The van der Waals surface area contributed by atoms with Gasteiger partial charge in [0.15, 0.2) is 0 Å². The lowest BCUT2D eigenvalue weighted by Crippen LogP contribution is -2.48. The van der Waals surface area contributed by atoms with Crippen LogP contribution in [0.2, 0.25) is 0 Å². The van der Waals surface area contributed by atoms with Crippen LogP contribution < -0.4 is 5.56 Å². The SMILES string of the molecule is CC[C@@]1(OC(=O)C(C)C)C(=O)OCc2c1cc1n(c2=O)Cc2cc3ccccc3nc2-1. The summed E-state index contributed by atoms with van der Waals surface area (Å²) in [7, 11) is 0. The molecule has 31 heavy (non-hydrogen) atoms. The van der Waals surface area contributed by atoms with Crippen LogP contribution in [0.25, 0.3) is 22.3 Å². The monoisotopic (exact) mass is 418 g/mol. The van der Waals surface area contributed by atoms with Gasteiger partial charge in [-0.05, 0) is 24.6 Å². The molecule has 0 amide bonds. The zero-order valence-electron chi connectivity index (χ0n) is 17.6. The number of fused-ring (bicyclic) bond motifs is 5. The number of benzene rings is 1. The van der Waals surface area contributed by atoms with Crippen LogP contribution in [0, 0.1) is 5.92 Å². The van der Waals surface area contributed by atoms with E-state index < -0.39 is 23.5 Å². The van der Waals surface area contributed by atoms with Crippen molar-refractivity contribution in [3.05, 3.63) is 63.4 Å². The van der Waals surface area contributed by atoms with E-state index >= 15 is 0 Å². The average Bonchev–Trinajstić information content (AvgIpc) is 3.12. The summed E-state index contributed by atoms with van der Waals surface area (Å²) in [6.45, 7) is 5.40.